The molecule has 2 aromatic rings. The summed E-state index contributed by atoms with van der Waals surface area (Å²) in [5.41, 5.74) is -2.01. The number of hydrogen-bond acceptors (Lipinski definition) is 4. The number of nitrogens with zero attached hydrogens (tertiary/aromatic N) is 2. The molecule has 0 bridgehead atoms. The van der Waals surface area contributed by atoms with E-state index < -0.39 is 56.4 Å². The van der Waals surface area contributed by atoms with E-state index in [2.05, 4.69) is 21.2 Å². The third kappa shape index (κ3) is 3.99. The van der Waals surface area contributed by atoms with Gasteiger partial charge in [-0.2, -0.15) is 0 Å². The van der Waals surface area contributed by atoms with Crippen LogP contribution in [0.3, 0.4) is 0 Å². The number of halogens is 5. The average molecular weight is 528 g/mol. The number of nitrogens with one attached hydrogen (secondary N) is 1. The van der Waals surface area contributed by atoms with Crippen molar-refractivity contribution in [3.05, 3.63) is 75.0 Å². The van der Waals surface area contributed by atoms with Crippen molar-refractivity contribution < 1.29 is 32.3 Å². The topological polar surface area (TPSA) is 72.9 Å². The lowest BCUT2D eigenvalue weighted by atomic mass is 9.90. The third-order valence-corrected chi connectivity index (χ3v) is 6.65. The highest BCUT2D eigenvalue weighted by molar-refractivity contribution is 9.10. The van der Waals surface area contributed by atoms with Gasteiger partial charge in [-0.3, -0.25) is 14.6 Å². The van der Waals surface area contributed by atoms with E-state index in [9.17, 15) is 32.3 Å². The summed E-state index contributed by atoms with van der Waals surface area (Å²) in [5.74, 6) is -6.08. The van der Waals surface area contributed by atoms with E-state index in [1.54, 1.807) is 11.9 Å². The van der Waals surface area contributed by atoms with E-state index in [1.807, 2.05) is 0 Å². The van der Waals surface area contributed by atoms with E-state index in [1.165, 1.54) is 6.07 Å². The molecule has 0 saturated carbocycles. The number of hydrazine groups is 1. The first kappa shape index (κ1) is 23.2. The molecule has 1 fully saturated rings. The Morgan fingerprint density at radius 3 is 2.45 bits per heavy atom. The molecule has 0 aliphatic carbocycles. The maximum absolute atomic E-state index is 14.3. The quantitative estimate of drug-likeness (QED) is 0.347. The monoisotopic (exact) mass is 527 g/mol. The second-order valence-electron chi connectivity index (χ2n) is 8.03. The number of hydrogen-bond donors (Lipinski definition) is 2. The largest absolute Gasteiger partial charge is 0.509 e. The van der Waals surface area contributed by atoms with Crippen LogP contribution in [-0.2, 0) is 16.1 Å². The summed E-state index contributed by atoms with van der Waals surface area (Å²) in [7, 11) is 0. The first-order valence-corrected chi connectivity index (χ1v) is 10.7. The lowest BCUT2D eigenvalue weighted by Crippen LogP contribution is -2.60. The Hall–Kier alpha value is -2.92. The van der Waals surface area contributed by atoms with Crippen molar-refractivity contribution in [2.45, 2.75) is 31.8 Å². The number of benzene rings is 2. The summed E-state index contributed by atoms with van der Waals surface area (Å²) in [6.07, 6.45) is 0.973. The summed E-state index contributed by atoms with van der Waals surface area (Å²) >= 11 is 2.73. The SMILES string of the molecule is CC12CCCN1N(Cc1ccc(F)cc1F)C(=O)C(C(=O)Nc1cc(F)c(Br)c(F)c1)=C2O. The van der Waals surface area contributed by atoms with Crippen LogP contribution in [0.4, 0.5) is 23.2 Å². The Kier molecular flexibility index (Phi) is 5.95. The van der Waals surface area contributed by atoms with E-state index in [4.69, 9.17) is 0 Å². The number of aliphatic hydroxyl groups is 1. The van der Waals surface area contributed by atoms with Gasteiger partial charge in [0.25, 0.3) is 11.8 Å². The number of carbonyl (C=O) groups excluding carboxylic acids is 2. The molecule has 2 heterocycles. The minimum atomic E-state index is -1.13. The van der Waals surface area contributed by atoms with Gasteiger partial charge in [-0.05, 0) is 53.9 Å². The van der Waals surface area contributed by atoms with Crippen LogP contribution in [0.5, 0.6) is 0 Å². The molecule has 2 aliphatic rings. The van der Waals surface area contributed by atoms with Crippen LogP contribution in [0.15, 0.2) is 46.1 Å². The van der Waals surface area contributed by atoms with Crippen LogP contribution in [0, 0.1) is 23.3 Å². The van der Waals surface area contributed by atoms with Gasteiger partial charge in [-0.15, -0.1) is 0 Å². The van der Waals surface area contributed by atoms with Gasteiger partial charge in [0.1, 0.15) is 34.6 Å². The zero-order valence-corrected chi connectivity index (χ0v) is 18.8. The molecule has 2 N–H and O–H groups in total. The van der Waals surface area contributed by atoms with Crippen LogP contribution in [-0.4, -0.2) is 39.0 Å². The standard InChI is InChI=1S/C22H18BrF4N3O3/c1-22-5-2-6-30(22)29(10-11-3-4-12(24)7-14(11)25)21(33)17(19(22)31)20(32)28-13-8-15(26)18(23)16(27)9-13/h3-4,7-9,31H,2,5-6,10H2,1H3,(H,28,32). The van der Waals surface area contributed by atoms with Crippen molar-refractivity contribution in [2.24, 2.45) is 0 Å². The van der Waals surface area contributed by atoms with Crippen LogP contribution in [0.25, 0.3) is 0 Å². The number of fused-ring (bicyclic) bond motifs is 1. The fraction of sp³-hybridized carbons (Fsp3) is 0.273. The smallest absolute Gasteiger partial charge is 0.277 e. The fourth-order valence-corrected chi connectivity index (χ4v) is 4.41. The maximum Gasteiger partial charge on any atom is 0.277 e. The third-order valence-electron chi connectivity index (χ3n) is 5.89. The molecule has 174 valence electrons. The normalized spacial score (nSPS) is 20.9. The summed E-state index contributed by atoms with van der Waals surface area (Å²) in [5, 5.41) is 15.8. The number of anilines is 1. The minimum absolute atomic E-state index is 0.0113. The first-order chi connectivity index (χ1) is 15.5. The Morgan fingerprint density at radius 2 is 1.82 bits per heavy atom. The van der Waals surface area contributed by atoms with Gasteiger partial charge in [-0.1, -0.05) is 6.07 Å². The molecule has 4 rings (SSSR count). The van der Waals surface area contributed by atoms with Gasteiger partial charge in [0.2, 0.25) is 0 Å². The Morgan fingerprint density at radius 1 is 1.15 bits per heavy atom. The molecule has 33 heavy (non-hydrogen) atoms. The highest BCUT2D eigenvalue weighted by Gasteiger charge is 2.52. The second kappa shape index (κ2) is 8.45. The summed E-state index contributed by atoms with van der Waals surface area (Å²) in [6.45, 7) is 1.67. The molecule has 6 nitrogen and oxygen atoms in total. The minimum Gasteiger partial charge on any atom is -0.509 e. The van der Waals surface area contributed by atoms with Gasteiger partial charge in [0.15, 0.2) is 0 Å². The molecular formula is C22H18BrF4N3O3. The van der Waals surface area contributed by atoms with Gasteiger partial charge in [-0.25, -0.2) is 22.6 Å². The van der Waals surface area contributed by atoms with Crippen LogP contribution < -0.4 is 5.32 Å². The zero-order valence-electron chi connectivity index (χ0n) is 17.3. The van der Waals surface area contributed by atoms with Gasteiger partial charge in [0.05, 0.1) is 16.6 Å². The average Bonchev–Trinajstić information content (AvgIpc) is 3.14. The van der Waals surface area contributed by atoms with E-state index in [0.29, 0.717) is 25.5 Å². The van der Waals surface area contributed by atoms with Gasteiger partial charge >= 0.3 is 0 Å². The highest BCUT2D eigenvalue weighted by Crippen LogP contribution is 2.42. The predicted octanol–water partition coefficient (Wildman–Crippen LogP) is 4.57. The van der Waals surface area contributed by atoms with Crippen molar-refractivity contribution >= 4 is 33.4 Å². The van der Waals surface area contributed by atoms with Crippen molar-refractivity contribution in [1.29, 1.82) is 0 Å². The Balaban J connectivity index is 1.71. The molecule has 2 amide bonds. The van der Waals surface area contributed by atoms with Crippen LogP contribution in [0.2, 0.25) is 0 Å². The maximum atomic E-state index is 14.3. The summed E-state index contributed by atoms with van der Waals surface area (Å²) in [6, 6.07) is 4.63. The van der Waals surface area contributed by atoms with Crippen LogP contribution in [0.1, 0.15) is 25.3 Å². The molecule has 11 heteroatoms. The van der Waals surface area contributed by atoms with E-state index in [0.717, 1.165) is 23.2 Å². The summed E-state index contributed by atoms with van der Waals surface area (Å²) < 4.78 is 54.9. The van der Waals surface area contributed by atoms with Crippen LogP contribution >= 0.6 is 15.9 Å². The molecule has 1 unspecified atom stereocenters. The van der Waals surface area contributed by atoms with Crippen molar-refractivity contribution in [3.63, 3.8) is 0 Å². The van der Waals surface area contributed by atoms with Gasteiger partial charge in [0, 0.05) is 23.9 Å². The molecule has 0 aromatic heterocycles. The number of carbonyl (C=O) groups is 2. The predicted molar refractivity (Wildman–Crippen MR) is 114 cm³/mol. The van der Waals surface area contributed by atoms with Crippen molar-refractivity contribution in [3.8, 4) is 0 Å². The molecule has 1 atom stereocenters. The molecule has 1 saturated heterocycles. The van der Waals surface area contributed by atoms with Gasteiger partial charge < -0.3 is 10.4 Å². The summed E-state index contributed by atoms with van der Waals surface area (Å²) in [4.78, 5) is 26.2. The molecule has 2 aliphatic heterocycles. The zero-order chi connectivity index (χ0) is 24.1. The molecule has 0 radical (unpaired) electrons. The number of amides is 2. The Labute approximate surface area is 194 Å². The second-order valence-corrected chi connectivity index (χ2v) is 8.82. The molecular weight excluding hydrogens is 510 g/mol. The molecule has 0 spiro atoms. The lowest BCUT2D eigenvalue weighted by Gasteiger charge is -2.46. The first-order valence-electron chi connectivity index (χ1n) is 9.96. The number of aliphatic hydroxyl groups excluding tert-OH is 1. The van der Waals surface area contributed by atoms with Crippen molar-refractivity contribution in [1.82, 2.24) is 10.0 Å². The fourth-order valence-electron chi connectivity index (χ4n) is 4.18. The lowest BCUT2D eigenvalue weighted by molar-refractivity contribution is -0.160. The molecule has 2 aromatic carbocycles. The Bertz CT molecular complexity index is 1180. The van der Waals surface area contributed by atoms with E-state index in [-0.39, 0.29) is 17.8 Å². The van der Waals surface area contributed by atoms with Crippen molar-refractivity contribution in [2.75, 3.05) is 11.9 Å². The highest BCUT2D eigenvalue weighted by atomic mass is 79.9. The number of rotatable bonds is 4. The van der Waals surface area contributed by atoms with E-state index >= 15 is 0 Å².